The van der Waals surface area contributed by atoms with Gasteiger partial charge in [0, 0.05) is 13.1 Å². The van der Waals surface area contributed by atoms with Crippen molar-refractivity contribution >= 4 is 23.5 Å². The van der Waals surface area contributed by atoms with Crippen molar-refractivity contribution in [3.05, 3.63) is 11.6 Å². The van der Waals surface area contributed by atoms with E-state index in [4.69, 9.17) is 21.1 Å². The molecule has 0 amide bonds. The van der Waals surface area contributed by atoms with E-state index in [-0.39, 0.29) is 19.1 Å². The van der Waals surface area contributed by atoms with Crippen molar-refractivity contribution in [2.75, 3.05) is 19.7 Å². The van der Waals surface area contributed by atoms with Crippen molar-refractivity contribution < 1.29 is 29.3 Å². The highest BCUT2D eigenvalue weighted by molar-refractivity contribution is 6.22. The van der Waals surface area contributed by atoms with Crippen molar-refractivity contribution in [1.82, 2.24) is 4.90 Å². The molecule has 0 bridgehead atoms. The van der Waals surface area contributed by atoms with Gasteiger partial charge in [-0.3, -0.25) is 4.90 Å². The number of hydrogen-bond donors (Lipinski definition) is 2. The van der Waals surface area contributed by atoms with Crippen LogP contribution in [0.2, 0.25) is 0 Å². The summed E-state index contributed by atoms with van der Waals surface area (Å²) in [5.74, 6) is -2.37. The fourth-order valence-electron chi connectivity index (χ4n) is 3.94. The largest absolute Gasteiger partial charge is 0.459 e. The lowest BCUT2D eigenvalue weighted by atomic mass is 9.79. The number of cyclic esters (lactones) is 1. The van der Waals surface area contributed by atoms with Gasteiger partial charge in [0.1, 0.15) is 12.7 Å². The van der Waals surface area contributed by atoms with Crippen LogP contribution in [0, 0.1) is 5.92 Å². The number of hydrogen-bond acceptors (Lipinski definition) is 7. The summed E-state index contributed by atoms with van der Waals surface area (Å²) in [5, 5.41) is 20.6. The number of esters is 2. The van der Waals surface area contributed by atoms with Crippen molar-refractivity contribution in [3.63, 3.8) is 0 Å². The highest BCUT2D eigenvalue weighted by Crippen LogP contribution is 2.37. The highest BCUT2D eigenvalue weighted by Gasteiger charge is 2.52. The summed E-state index contributed by atoms with van der Waals surface area (Å²) in [5.41, 5.74) is -3.03. The molecule has 8 heteroatoms. The second kappa shape index (κ2) is 6.78. The van der Waals surface area contributed by atoms with Crippen LogP contribution in [0.4, 0.5) is 0 Å². The summed E-state index contributed by atoms with van der Waals surface area (Å²) in [6, 6.07) is -0.177. The van der Waals surface area contributed by atoms with E-state index in [0.29, 0.717) is 13.0 Å². The van der Waals surface area contributed by atoms with Gasteiger partial charge in [-0.05, 0) is 38.2 Å². The van der Waals surface area contributed by atoms with E-state index in [2.05, 4.69) is 4.90 Å². The second-order valence-electron chi connectivity index (χ2n) is 7.82. The Labute approximate surface area is 157 Å². The smallest absolute Gasteiger partial charge is 0.340 e. The maximum atomic E-state index is 12.8. The number of alkyl halides is 1. The fourth-order valence-corrected chi connectivity index (χ4v) is 4.11. The van der Waals surface area contributed by atoms with Crippen molar-refractivity contribution in [3.8, 4) is 0 Å². The van der Waals surface area contributed by atoms with Gasteiger partial charge in [0.05, 0.1) is 11.4 Å². The Hall–Kier alpha value is -1.15. The Balaban J connectivity index is 1.97. The van der Waals surface area contributed by atoms with E-state index in [1.165, 1.54) is 13.8 Å². The van der Waals surface area contributed by atoms with Crippen LogP contribution in [0.3, 0.4) is 0 Å². The molecule has 2 saturated heterocycles. The summed E-state index contributed by atoms with van der Waals surface area (Å²) < 4.78 is 11.0. The Morgan fingerprint density at radius 1 is 1.35 bits per heavy atom. The molecule has 0 aliphatic carbocycles. The van der Waals surface area contributed by atoms with Crippen LogP contribution in [0.5, 0.6) is 0 Å². The second-order valence-corrected chi connectivity index (χ2v) is 8.47. The number of ether oxygens (including phenoxy) is 2. The molecule has 3 aliphatic rings. The third-order valence-corrected chi connectivity index (χ3v) is 6.41. The number of halogens is 1. The average Bonchev–Trinajstić information content (AvgIpc) is 3.14. The molecule has 0 spiro atoms. The Morgan fingerprint density at radius 3 is 2.69 bits per heavy atom. The Bertz CT molecular complexity index is 633. The summed E-state index contributed by atoms with van der Waals surface area (Å²) in [6.45, 7) is 5.88. The van der Waals surface area contributed by atoms with Gasteiger partial charge in [0.15, 0.2) is 11.2 Å². The van der Waals surface area contributed by atoms with Gasteiger partial charge in [-0.15, -0.1) is 11.6 Å². The highest BCUT2D eigenvalue weighted by atomic mass is 35.5. The zero-order valence-corrected chi connectivity index (χ0v) is 16.0. The molecular weight excluding hydrogens is 362 g/mol. The molecule has 0 aromatic rings. The number of rotatable bonds is 1. The maximum Gasteiger partial charge on any atom is 0.340 e. The molecule has 2 fully saturated rings. The van der Waals surface area contributed by atoms with Gasteiger partial charge in [-0.2, -0.15) is 0 Å². The lowest BCUT2D eigenvalue weighted by Crippen LogP contribution is -2.54. The van der Waals surface area contributed by atoms with Gasteiger partial charge in [-0.1, -0.05) is 13.0 Å². The maximum absolute atomic E-state index is 12.8. The molecule has 0 unspecified atom stereocenters. The molecule has 7 nitrogen and oxygen atoms in total. The standard InChI is InChI=1S/C18H26ClNO6/c1-10-8-18(24,11(2)19)16(22)26-13-5-7-20-6-4-12(14(13)20)9-25-15(21)17(10,3)23/h4,10-11,13-14,23-24H,5-9H2,1-3H3/t10-,11-,13+,14+,17-,18-/m1/s1. The average molecular weight is 388 g/mol. The van der Waals surface area contributed by atoms with Gasteiger partial charge in [0.2, 0.25) is 0 Å². The minimum atomic E-state index is -2.01. The van der Waals surface area contributed by atoms with Gasteiger partial charge in [-0.25, -0.2) is 9.59 Å². The number of carbonyl (C=O) groups excluding carboxylic acids is 2. The first-order chi connectivity index (χ1) is 12.1. The van der Waals surface area contributed by atoms with Crippen molar-refractivity contribution in [2.24, 2.45) is 5.92 Å². The minimum absolute atomic E-state index is 0.0487. The lowest BCUT2D eigenvalue weighted by Gasteiger charge is -2.37. The van der Waals surface area contributed by atoms with E-state index >= 15 is 0 Å². The quantitative estimate of drug-likeness (QED) is 0.386. The van der Waals surface area contributed by atoms with E-state index in [1.807, 2.05) is 6.08 Å². The predicted octanol–water partition coefficient (Wildman–Crippen LogP) is 0.605. The van der Waals surface area contributed by atoms with Gasteiger partial charge in [0.25, 0.3) is 0 Å². The van der Waals surface area contributed by atoms with Crippen LogP contribution in [-0.2, 0) is 19.1 Å². The molecule has 3 aliphatic heterocycles. The summed E-state index contributed by atoms with van der Waals surface area (Å²) in [4.78, 5) is 27.4. The topological polar surface area (TPSA) is 96.3 Å². The van der Waals surface area contributed by atoms with Crippen LogP contribution in [0.25, 0.3) is 0 Å². The molecule has 0 aromatic heterocycles. The van der Waals surface area contributed by atoms with Crippen LogP contribution >= 0.6 is 11.6 Å². The van der Waals surface area contributed by atoms with Crippen LogP contribution < -0.4 is 0 Å². The van der Waals surface area contributed by atoms with Gasteiger partial charge < -0.3 is 19.7 Å². The third-order valence-electron chi connectivity index (χ3n) is 6.04. The van der Waals surface area contributed by atoms with Crippen molar-refractivity contribution in [2.45, 2.75) is 62.3 Å². The number of carbonyl (C=O) groups is 2. The first-order valence-corrected chi connectivity index (χ1v) is 9.41. The van der Waals surface area contributed by atoms with E-state index < -0.39 is 40.5 Å². The molecule has 26 heavy (non-hydrogen) atoms. The van der Waals surface area contributed by atoms with E-state index in [1.54, 1.807) is 6.92 Å². The summed E-state index contributed by atoms with van der Waals surface area (Å²) >= 11 is 6.12. The molecule has 0 saturated carbocycles. The predicted molar refractivity (Wildman–Crippen MR) is 93.6 cm³/mol. The van der Waals surface area contributed by atoms with Crippen LogP contribution in [0.15, 0.2) is 11.6 Å². The normalized spacial score (nSPS) is 42.8. The van der Waals surface area contributed by atoms with E-state index in [0.717, 1.165) is 12.1 Å². The molecule has 0 radical (unpaired) electrons. The number of nitrogens with zero attached hydrogens (tertiary/aromatic N) is 1. The molecule has 146 valence electrons. The van der Waals surface area contributed by atoms with Crippen LogP contribution in [-0.4, -0.2) is 75.5 Å². The molecule has 3 heterocycles. The molecule has 2 N–H and O–H groups in total. The third kappa shape index (κ3) is 3.15. The monoisotopic (exact) mass is 387 g/mol. The lowest BCUT2D eigenvalue weighted by molar-refractivity contribution is -0.183. The first-order valence-electron chi connectivity index (χ1n) is 8.97. The molecular formula is C18H26ClNO6. The Kier molecular flexibility index (Phi) is 5.11. The minimum Gasteiger partial charge on any atom is -0.459 e. The summed E-state index contributed by atoms with van der Waals surface area (Å²) in [7, 11) is 0. The first kappa shape index (κ1) is 19.6. The molecule has 3 rings (SSSR count). The Morgan fingerprint density at radius 2 is 2.04 bits per heavy atom. The summed E-state index contributed by atoms with van der Waals surface area (Å²) in [6.07, 6.45) is 1.95. The zero-order valence-electron chi connectivity index (χ0n) is 15.3. The van der Waals surface area contributed by atoms with Crippen LogP contribution in [0.1, 0.15) is 33.6 Å². The molecule has 0 aromatic carbocycles. The van der Waals surface area contributed by atoms with Crippen molar-refractivity contribution in [1.29, 1.82) is 0 Å². The SMILES string of the molecule is C[C@@H]1C[C@@](O)([C@@H](C)Cl)C(=O)O[C@H]2CCN3CC=C(COC(=O)[C@]1(C)O)[C@@H]23. The van der Waals surface area contributed by atoms with Gasteiger partial charge >= 0.3 is 11.9 Å². The van der Waals surface area contributed by atoms with E-state index in [9.17, 15) is 19.8 Å². The fraction of sp³-hybridized carbons (Fsp3) is 0.778. The number of aliphatic hydroxyl groups is 2. The zero-order chi connectivity index (χ0) is 19.3. The molecule has 6 atom stereocenters.